The maximum atomic E-state index is 12.3. The lowest BCUT2D eigenvalue weighted by Crippen LogP contribution is -2.19. The van der Waals surface area contributed by atoms with Crippen molar-refractivity contribution in [3.8, 4) is 34.2 Å². The predicted octanol–water partition coefficient (Wildman–Crippen LogP) is 4.06. The minimum Gasteiger partial charge on any atom is -0.492 e. The maximum absolute atomic E-state index is 12.3. The van der Waals surface area contributed by atoms with Gasteiger partial charge in [-0.25, -0.2) is 19.3 Å². The third kappa shape index (κ3) is 4.79. The Hall–Kier alpha value is -4.21. The van der Waals surface area contributed by atoms with Gasteiger partial charge >= 0.3 is 11.9 Å². The van der Waals surface area contributed by atoms with E-state index in [0.717, 1.165) is 18.7 Å². The first-order chi connectivity index (χ1) is 17.4. The summed E-state index contributed by atoms with van der Waals surface area (Å²) in [5.41, 5.74) is 2.26. The fourth-order valence-corrected chi connectivity index (χ4v) is 3.79. The third-order valence-corrected chi connectivity index (χ3v) is 5.62. The molecule has 0 aliphatic carbocycles. The number of esters is 2. The zero-order chi connectivity index (χ0) is 25.2. The Bertz CT molecular complexity index is 1490. The average molecular weight is 505 g/mol. The van der Waals surface area contributed by atoms with Crippen LogP contribution in [0.2, 0.25) is 5.02 Å². The molecule has 36 heavy (non-hydrogen) atoms. The molecule has 3 heterocycles. The van der Waals surface area contributed by atoms with Crippen LogP contribution in [0, 0.1) is 0 Å². The summed E-state index contributed by atoms with van der Waals surface area (Å²) in [5.74, 6) is -0.690. The summed E-state index contributed by atoms with van der Waals surface area (Å²) in [7, 11) is 3.95. The number of carbonyl (C=O) groups is 2. The van der Waals surface area contributed by atoms with Gasteiger partial charge in [-0.2, -0.15) is 5.10 Å². The first-order valence-electron chi connectivity index (χ1n) is 11.1. The number of halogens is 1. The van der Waals surface area contributed by atoms with Crippen LogP contribution in [-0.4, -0.2) is 58.8 Å². The van der Waals surface area contributed by atoms with E-state index in [1.54, 1.807) is 28.9 Å². The molecule has 1 aliphatic heterocycles. The molecule has 0 amide bonds. The van der Waals surface area contributed by atoms with Crippen molar-refractivity contribution in [2.75, 3.05) is 27.2 Å². The molecule has 0 atom stereocenters. The molecule has 0 saturated carbocycles. The standard InChI is InChI=1S/C26H21ClN4O5/c1-30(2)12-13-34-19-5-3-4-18(14-19)31-26-23(24(29-31)16-6-8-17(27)9-7-16)25-20(15-28-26)35-21(32)10-11-22(33)36-25/h3-11,14-15H,12-13H2,1-2H3/b11-10-. The molecule has 0 radical (unpaired) electrons. The molecule has 1 aliphatic rings. The fraction of sp³-hybridized carbons (Fsp3) is 0.154. The van der Waals surface area contributed by atoms with Gasteiger partial charge in [0.15, 0.2) is 17.1 Å². The minimum absolute atomic E-state index is 0.0146. The number of hydrogen-bond donors (Lipinski definition) is 0. The number of pyridine rings is 1. The molecule has 0 N–H and O–H groups in total. The van der Waals surface area contributed by atoms with Crippen molar-refractivity contribution < 1.29 is 23.8 Å². The Labute approximate surface area is 211 Å². The van der Waals surface area contributed by atoms with Crippen molar-refractivity contribution in [1.82, 2.24) is 19.7 Å². The molecule has 5 rings (SSSR count). The summed E-state index contributed by atoms with van der Waals surface area (Å²) in [5, 5.41) is 5.78. The van der Waals surface area contributed by atoms with E-state index in [-0.39, 0.29) is 11.5 Å². The van der Waals surface area contributed by atoms with Crippen LogP contribution in [0.3, 0.4) is 0 Å². The van der Waals surface area contributed by atoms with Gasteiger partial charge in [-0.05, 0) is 38.4 Å². The molecule has 0 spiro atoms. The van der Waals surface area contributed by atoms with Crippen LogP contribution in [0.4, 0.5) is 0 Å². The molecular formula is C26H21ClN4O5. The number of aromatic nitrogens is 3. The molecule has 0 fully saturated rings. The topological polar surface area (TPSA) is 95.8 Å². The van der Waals surface area contributed by atoms with Gasteiger partial charge in [0.1, 0.15) is 18.1 Å². The Kier molecular flexibility index (Phi) is 6.41. The van der Waals surface area contributed by atoms with E-state index in [1.165, 1.54) is 6.20 Å². The minimum atomic E-state index is -0.716. The summed E-state index contributed by atoms with van der Waals surface area (Å²) < 4.78 is 18.5. The van der Waals surface area contributed by atoms with Crippen molar-refractivity contribution in [3.05, 3.63) is 71.9 Å². The molecule has 9 nitrogen and oxygen atoms in total. The van der Waals surface area contributed by atoms with Gasteiger partial charge in [-0.15, -0.1) is 0 Å². The molecule has 10 heteroatoms. The number of nitrogens with zero attached hydrogens (tertiary/aromatic N) is 4. The Morgan fingerprint density at radius 1 is 1.03 bits per heavy atom. The number of rotatable bonds is 6. The first-order valence-corrected chi connectivity index (χ1v) is 11.4. The highest BCUT2D eigenvalue weighted by Gasteiger charge is 2.26. The van der Waals surface area contributed by atoms with Crippen molar-refractivity contribution in [2.24, 2.45) is 0 Å². The highest BCUT2D eigenvalue weighted by atomic mass is 35.5. The van der Waals surface area contributed by atoms with Crippen molar-refractivity contribution in [1.29, 1.82) is 0 Å². The van der Waals surface area contributed by atoms with Gasteiger partial charge in [-0.3, -0.25) is 0 Å². The molecule has 0 unspecified atom stereocenters. The average Bonchev–Trinajstić information content (AvgIpc) is 3.24. The second-order valence-electron chi connectivity index (χ2n) is 8.24. The SMILES string of the molecule is CN(C)CCOc1cccc(-n2nc(-c3ccc(Cl)cc3)c3c4c(cnc32)OC(=O)/C=C\C(=O)O4)c1. The van der Waals surface area contributed by atoms with Gasteiger partial charge in [-0.1, -0.05) is 29.8 Å². The Morgan fingerprint density at radius 3 is 2.53 bits per heavy atom. The lowest BCUT2D eigenvalue weighted by Gasteiger charge is -2.13. The molecule has 0 bridgehead atoms. The van der Waals surface area contributed by atoms with Gasteiger partial charge in [0.05, 0.1) is 17.3 Å². The second kappa shape index (κ2) is 9.80. The normalized spacial score (nSPS) is 14.1. The third-order valence-electron chi connectivity index (χ3n) is 5.37. The lowest BCUT2D eigenvalue weighted by molar-refractivity contribution is -0.133. The number of benzene rings is 2. The summed E-state index contributed by atoms with van der Waals surface area (Å²) in [4.78, 5) is 31.0. The van der Waals surface area contributed by atoms with E-state index >= 15 is 0 Å². The van der Waals surface area contributed by atoms with E-state index in [0.29, 0.717) is 45.4 Å². The van der Waals surface area contributed by atoms with Gasteiger partial charge in [0.25, 0.3) is 0 Å². The largest absolute Gasteiger partial charge is 0.492 e. The number of hydrogen-bond acceptors (Lipinski definition) is 8. The molecular weight excluding hydrogens is 484 g/mol. The van der Waals surface area contributed by atoms with E-state index in [2.05, 4.69) is 4.98 Å². The van der Waals surface area contributed by atoms with E-state index < -0.39 is 11.9 Å². The first kappa shape index (κ1) is 23.5. The van der Waals surface area contributed by atoms with Crippen LogP contribution in [0.15, 0.2) is 66.9 Å². The molecule has 2 aromatic carbocycles. The quantitative estimate of drug-likeness (QED) is 0.363. The number of carbonyl (C=O) groups excluding carboxylic acids is 2. The Morgan fingerprint density at radius 2 is 1.78 bits per heavy atom. The molecule has 2 aromatic heterocycles. The van der Waals surface area contributed by atoms with Gasteiger partial charge < -0.3 is 19.1 Å². The monoisotopic (exact) mass is 504 g/mol. The highest BCUT2D eigenvalue weighted by molar-refractivity contribution is 6.30. The van der Waals surface area contributed by atoms with Crippen LogP contribution in [0.25, 0.3) is 28.0 Å². The zero-order valence-corrected chi connectivity index (χ0v) is 20.2. The Balaban J connectivity index is 1.69. The van der Waals surface area contributed by atoms with Crippen LogP contribution in [-0.2, 0) is 9.59 Å². The lowest BCUT2D eigenvalue weighted by atomic mass is 10.1. The number of fused-ring (bicyclic) bond motifs is 3. The zero-order valence-electron chi connectivity index (χ0n) is 19.5. The van der Waals surface area contributed by atoms with Gasteiger partial charge in [0.2, 0.25) is 0 Å². The summed E-state index contributed by atoms with van der Waals surface area (Å²) >= 11 is 6.10. The van der Waals surface area contributed by atoms with E-state index in [1.807, 2.05) is 43.3 Å². The number of ether oxygens (including phenoxy) is 3. The maximum Gasteiger partial charge on any atom is 0.336 e. The summed E-state index contributed by atoms with van der Waals surface area (Å²) in [6.45, 7) is 1.29. The number of likely N-dealkylation sites (N-methyl/N-ethyl adjacent to an activating group) is 1. The van der Waals surface area contributed by atoms with Crippen molar-refractivity contribution >= 4 is 34.6 Å². The summed E-state index contributed by atoms with van der Waals surface area (Å²) in [6.07, 6.45) is 3.35. The fourth-order valence-electron chi connectivity index (χ4n) is 3.67. The van der Waals surface area contributed by atoms with Crippen molar-refractivity contribution in [2.45, 2.75) is 0 Å². The van der Waals surface area contributed by atoms with Crippen LogP contribution >= 0.6 is 11.6 Å². The van der Waals surface area contributed by atoms with Crippen LogP contribution < -0.4 is 14.2 Å². The van der Waals surface area contributed by atoms with Crippen molar-refractivity contribution in [3.63, 3.8) is 0 Å². The molecule has 0 saturated heterocycles. The van der Waals surface area contributed by atoms with E-state index in [9.17, 15) is 9.59 Å². The highest BCUT2D eigenvalue weighted by Crippen LogP contribution is 2.42. The van der Waals surface area contributed by atoms with Gasteiger partial charge in [0, 0.05) is 35.3 Å². The smallest absolute Gasteiger partial charge is 0.336 e. The van der Waals surface area contributed by atoms with Crippen LogP contribution in [0.5, 0.6) is 17.2 Å². The van der Waals surface area contributed by atoms with E-state index in [4.69, 9.17) is 30.9 Å². The molecule has 4 aromatic rings. The summed E-state index contributed by atoms with van der Waals surface area (Å²) in [6, 6.07) is 14.5. The van der Waals surface area contributed by atoms with Crippen LogP contribution in [0.1, 0.15) is 0 Å². The predicted molar refractivity (Wildman–Crippen MR) is 134 cm³/mol. The molecule has 182 valence electrons. The second-order valence-corrected chi connectivity index (χ2v) is 8.68.